The molecule has 1 aromatic heterocycles. The van der Waals surface area contributed by atoms with E-state index in [1.54, 1.807) is 6.26 Å². The predicted octanol–water partition coefficient (Wildman–Crippen LogP) is 2.45. The SMILES string of the molecule is CCNC(=NCC1COC2(CCCCC2)O1)NCCc1ccco1. The number of nitrogens with zero attached hydrogens (tertiary/aromatic N) is 1. The third kappa shape index (κ3) is 4.74. The van der Waals surface area contributed by atoms with Gasteiger partial charge in [0.25, 0.3) is 0 Å². The maximum absolute atomic E-state index is 6.18. The fraction of sp³-hybridized carbons (Fsp3) is 0.722. The van der Waals surface area contributed by atoms with Crippen LogP contribution in [0.15, 0.2) is 27.8 Å². The van der Waals surface area contributed by atoms with Gasteiger partial charge < -0.3 is 24.5 Å². The van der Waals surface area contributed by atoms with Crippen molar-refractivity contribution >= 4 is 5.96 Å². The molecule has 1 saturated carbocycles. The second-order valence-electron chi connectivity index (χ2n) is 6.50. The third-order valence-electron chi connectivity index (χ3n) is 4.57. The van der Waals surface area contributed by atoms with Crippen molar-refractivity contribution in [3.63, 3.8) is 0 Å². The van der Waals surface area contributed by atoms with E-state index in [-0.39, 0.29) is 11.9 Å². The number of guanidine groups is 1. The molecule has 0 bridgehead atoms. The Balaban J connectivity index is 1.45. The second kappa shape index (κ2) is 8.53. The first-order valence-corrected chi connectivity index (χ1v) is 9.16. The summed E-state index contributed by atoms with van der Waals surface area (Å²) in [5.74, 6) is 1.48. The molecule has 1 aromatic rings. The molecule has 1 aliphatic carbocycles. The topological polar surface area (TPSA) is 68.0 Å². The minimum Gasteiger partial charge on any atom is -0.469 e. The lowest BCUT2D eigenvalue weighted by atomic mass is 9.94. The van der Waals surface area contributed by atoms with Crippen LogP contribution >= 0.6 is 0 Å². The van der Waals surface area contributed by atoms with Crippen molar-refractivity contribution in [2.45, 2.75) is 57.3 Å². The number of aliphatic imine (C=N–C) groups is 1. The molecule has 2 fully saturated rings. The largest absolute Gasteiger partial charge is 0.469 e. The van der Waals surface area contributed by atoms with Crippen LogP contribution in [-0.2, 0) is 15.9 Å². The fourth-order valence-electron chi connectivity index (χ4n) is 3.35. The van der Waals surface area contributed by atoms with E-state index in [2.05, 4.69) is 22.5 Å². The summed E-state index contributed by atoms with van der Waals surface area (Å²) in [5.41, 5.74) is 0. The molecular formula is C18H29N3O3. The summed E-state index contributed by atoms with van der Waals surface area (Å²) < 4.78 is 17.5. The van der Waals surface area contributed by atoms with Gasteiger partial charge in [0.15, 0.2) is 11.7 Å². The van der Waals surface area contributed by atoms with Gasteiger partial charge in [-0.25, -0.2) is 0 Å². The van der Waals surface area contributed by atoms with Crippen LogP contribution in [0.2, 0.25) is 0 Å². The van der Waals surface area contributed by atoms with Gasteiger partial charge in [0.1, 0.15) is 11.9 Å². The Kier molecular flexibility index (Phi) is 6.15. The minimum absolute atomic E-state index is 0.0589. The summed E-state index contributed by atoms with van der Waals surface area (Å²) in [6, 6.07) is 3.90. The van der Waals surface area contributed by atoms with Crippen LogP contribution in [0.4, 0.5) is 0 Å². The van der Waals surface area contributed by atoms with Crippen LogP contribution in [0.3, 0.4) is 0 Å². The molecule has 0 aromatic carbocycles. The number of hydrogen-bond acceptors (Lipinski definition) is 4. The van der Waals surface area contributed by atoms with E-state index in [9.17, 15) is 0 Å². The lowest BCUT2D eigenvalue weighted by Crippen LogP contribution is -2.39. The Morgan fingerprint density at radius 3 is 2.92 bits per heavy atom. The summed E-state index contributed by atoms with van der Waals surface area (Å²) >= 11 is 0. The maximum atomic E-state index is 6.18. The van der Waals surface area contributed by atoms with Crippen molar-refractivity contribution in [3.8, 4) is 0 Å². The third-order valence-corrected chi connectivity index (χ3v) is 4.57. The summed E-state index contributed by atoms with van der Waals surface area (Å²) in [5, 5.41) is 6.61. The molecule has 0 radical (unpaired) electrons. The lowest BCUT2D eigenvalue weighted by Gasteiger charge is -2.31. The number of rotatable bonds is 6. The van der Waals surface area contributed by atoms with E-state index >= 15 is 0 Å². The fourth-order valence-corrected chi connectivity index (χ4v) is 3.35. The summed E-state index contributed by atoms with van der Waals surface area (Å²) in [6.07, 6.45) is 8.34. The van der Waals surface area contributed by atoms with Gasteiger partial charge in [-0.05, 0) is 31.9 Å². The Labute approximate surface area is 144 Å². The van der Waals surface area contributed by atoms with Gasteiger partial charge in [-0.2, -0.15) is 0 Å². The lowest BCUT2D eigenvalue weighted by molar-refractivity contribution is -0.186. The molecule has 1 atom stereocenters. The molecule has 2 N–H and O–H groups in total. The predicted molar refractivity (Wildman–Crippen MR) is 93.0 cm³/mol. The second-order valence-corrected chi connectivity index (χ2v) is 6.50. The van der Waals surface area contributed by atoms with Gasteiger partial charge in [-0.1, -0.05) is 6.42 Å². The van der Waals surface area contributed by atoms with Gasteiger partial charge in [-0.15, -0.1) is 0 Å². The zero-order valence-electron chi connectivity index (χ0n) is 14.6. The molecule has 2 aliphatic rings. The van der Waals surface area contributed by atoms with Gasteiger partial charge in [-0.3, -0.25) is 4.99 Å². The van der Waals surface area contributed by atoms with Crippen molar-refractivity contribution in [2.75, 3.05) is 26.2 Å². The summed E-state index contributed by atoms with van der Waals surface area (Å²) in [7, 11) is 0. The van der Waals surface area contributed by atoms with Crippen molar-refractivity contribution in [2.24, 2.45) is 4.99 Å². The van der Waals surface area contributed by atoms with Gasteiger partial charge >= 0.3 is 0 Å². The molecule has 1 spiro atoms. The van der Waals surface area contributed by atoms with E-state index in [0.29, 0.717) is 13.2 Å². The van der Waals surface area contributed by atoms with E-state index in [0.717, 1.165) is 44.1 Å². The molecule has 3 rings (SSSR count). The molecule has 1 aliphatic heterocycles. The smallest absolute Gasteiger partial charge is 0.191 e. The highest BCUT2D eigenvalue weighted by Gasteiger charge is 2.42. The van der Waals surface area contributed by atoms with Crippen LogP contribution in [-0.4, -0.2) is 44.1 Å². The zero-order chi connectivity index (χ0) is 16.7. The number of furan rings is 1. The average Bonchev–Trinajstić information content (AvgIpc) is 3.24. The van der Waals surface area contributed by atoms with Crippen molar-refractivity contribution in [3.05, 3.63) is 24.2 Å². The maximum Gasteiger partial charge on any atom is 0.191 e. The highest BCUT2D eigenvalue weighted by atomic mass is 16.7. The summed E-state index contributed by atoms with van der Waals surface area (Å²) in [4.78, 5) is 4.65. The average molecular weight is 335 g/mol. The molecule has 6 nitrogen and oxygen atoms in total. The molecule has 24 heavy (non-hydrogen) atoms. The van der Waals surface area contributed by atoms with E-state index in [1.165, 1.54) is 19.3 Å². The Bertz CT molecular complexity index is 510. The number of nitrogens with one attached hydrogen (secondary N) is 2. The van der Waals surface area contributed by atoms with Crippen LogP contribution < -0.4 is 10.6 Å². The van der Waals surface area contributed by atoms with Crippen LogP contribution in [0, 0.1) is 0 Å². The van der Waals surface area contributed by atoms with Crippen LogP contribution in [0.25, 0.3) is 0 Å². The van der Waals surface area contributed by atoms with Gasteiger partial charge in [0.2, 0.25) is 0 Å². The normalized spacial score (nSPS) is 23.5. The van der Waals surface area contributed by atoms with Crippen molar-refractivity contribution in [1.82, 2.24) is 10.6 Å². The van der Waals surface area contributed by atoms with E-state index in [4.69, 9.17) is 13.9 Å². The van der Waals surface area contributed by atoms with Crippen LogP contribution in [0.1, 0.15) is 44.8 Å². The molecule has 6 heteroatoms. The highest BCUT2D eigenvalue weighted by Crippen LogP contribution is 2.37. The first-order chi connectivity index (χ1) is 11.8. The van der Waals surface area contributed by atoms with E-state index < -0.39 is 0 Å². The highest BCUT2D eigenvalue weighted by molar-refractivity contribution is 5.79. The molecule has 0 amide bonds. The van der Waals surface area contributed by atoms with Gasteiger partial charge in [0, 0.05) is 32.4 Å². The molecule has 134 valence electrons. The van der Waals surface area contributed by atoms with Crippen molar-refractivity contribution < 1.29 is 13.9 Å². The van der Waals surface area contributed by atoms with Crippen molar-refractivity contribution in [1.29, 1.82) is 0 Å². The Morgan fingerprint density at radius 2 is 2.17 bits per heavy atom. The van der Waals surface area contributed by atoms with Crippen LogP contribution in [0.5, 0.6) is 0 Å². The molecule has 1 saturated heterocycles. The summed E-state index contributed by atoms with van der Waals surface area (Å²) in [6.45, 7) is 4.95. The Hall–Kier alpha value is -1.53. The monoisotopic (exact) mass is 335 g/mol. The number of ether oxygens (including phenoxy) is 2. The first-order valence-electron chi connectivity index (χ1n) is 9.16. The zero-order valence-corrected chi connectivity index (χ0v) is 14.6. The molecular weight excluding hydrogens is 306 g/mol. The quantitative estimate of drug-likeness (QED) is 0.617. The van der Waals surface area contributed by atoms with E-state index in [1.807, 2.05) is 12.1 Å². The minimum atomic E-state index is -0.316. The first kappa shape index (κ1) is 17.3. The van der Waals surface area contributed by atoms with Gasteiger partial charge in [0.05, 0.1) is 19.4 Å². The molecule has 1 unspecified atom stereocenters. The standard InChI is InChI=1S/C18H29N3O3/c1-2-19-17(20-11-8-15-7-6-12-22-15)21-13-16-14-23-18(24-16)9-4-3-5-10-18/h6-7,12,16H,2-5,8-11,13-14H2,1H3,(H2,19,20,21). The molecule has 2 heterocycles. The number of hydrogen-bond donors (Lipinski definition) is 2. The Morgan fingerprint density at radius 1 is 1.29 bits per heavy atom.